The first kappa shape index (κ1) is 14.2. The highest BCUT2D eigenvalue weighted by Crippen LogP contribution is 2.17. The minimum absolute atomic E-state index is 0.0778. The van der Waals surface area contributed by atoms with Crippen molar-refractivity contribution in [3.8, 4) is 0 Å². The molecule has 2 rings (SSSR count). The van der Waals surface area contributed by atoms with Gasteiger partial charge in [-0.25, -0.2) is 4.79 Å². The number of benzene rings is 1. The highest BCUT2D eigenvalue weighted by molar-refractivity contribution is 5.90. The Bertz CT molecular complexity index is 691. The summed E-state index contributed by atoms with van der Waals surface area (Å²) in [6, 6.07) is 5.49. The average molecular weight is 274 g/mol. The molecule has 0 unspecified atom stereocenters. The molecule has 20 heavy (non-hydrogen) atoms. The Labute approximate surface area is 117 Å². The van der Waals surface area contributed by atoms with Gasteiger partial charge in [-0.1, -0.05) is 25.5 Å². The predicted molar refractivity (Wildman–Crippen MR) is 78.0 cm³/mol. The molecule has 1 aromatic carbocycles. The second kappa shape index (κ2) is 5.86. The van der Waals surface area contributed by atoms with Crippen LogP contribution in [0.15, 0.2) is 27.4 Å². The molecule has 2 aromatic rings. The van der Waals surface area contributed by atoms with Gasteiger partial charge in [-0.3, -0.25) is 9.69 Å². The van der Waals surface area contributed by atoms with E-state index in [9.17, 15) is 9.59 Å². The lowest BCUT2D eigenvalue weighted by molar-refractivity contribution is -0.116. The van der Waals surface area contributed by atoms with E-state index in [-0.39, 0.29) is 11.9 Å². The Kier molecular flexibility index (Phi) is 4.17. The third kappa shape index (κ3) is 2.71. The highest BCUT2D eigenvalue weighted by Gasteiger charge is 2.17. The van der Waals surface area contributed by atoms with Gasteiger partial charge in [-0.15, -0.1) is 0 Å². The lowest BCUT2D eigenvalue weighted by Crippen LogP contribution is -2.31. The van der Waals surface area contributed by atoms with Gasteiger partial charge in [0.25, 0.3) is 0 Å². The van der Waals surface area contributed by atoms with Crippen LogP contribution in [-0.2, 0) is 4.79 Å². The van der Waals surface area contributed by atoms with E-state index in [1.807, 2.05) is 26.0 Å². The first-order valence-corrected chi connectivity index (χ1v) is 6.73. The van der Waals surface area contributed by atoms with E-state index in [0.717, 1.165) is 18.4 Å². The molecule has 0 aliphatic rings. The van der Waals surface area contributed by atoms with Crippen LogP contribution in [0, 0.1) is 6.92 Å². The van der Waals surface area contributed by atoms with E-state index in [2.05, 4.69) is 4.98 Å². The number of aryl methyl sites for hydroxylation is 1. The molecule has 0 aliphatic carbocycles. The van der Waals surface area contributed by atoms with Crippen molar-refractivity contribution in [2.24, 2.45) is 0 Å². The Morgan fingerprint density at radius 3 is 2.80 bits per heavy atom. The van der Waals surface area contributed by atoms with E-state index in [4.69, 9.17) is 4.42 Å². The average Bonchev–Trinajstić information content (AvgIpc) is 2.38. The molecule has 0 fully saturated rings. The number of nitrogens with zero attached hydrogens (tertiary/aromatic N) is 2. The van der Waals surface area contributed by atoms with Crippen LogP contribution in [-0.4, -0.2) is 17.4 Å². The molecule has 1 amide bonds. The predicted octanol–water partition coefficient (Wildman–Crippen LogP) is 2.65. The second-order valence-corrected chi connectivity index (χ2v) is 4.78. The van der Waals surface area contributed by atoms with Crippen molar-refractivity contribution < 1.29 is 9.21 Å². The van der Waals surface area contributed by atoms with Gasteiger partial charge in [0.15, 0.2) is 0 Å². The van der Waals surface area contributed by atoms with Crippen LogP contribution in [0.1, 0.15) is 32.3 Å². The van der Waals surface area contributed by atoms with Crippen molar-refractivity contribution in [3.05, 3.63) is 34.2 Å². The van der Waals surface area contributed by atoms with Crippen LogP contribution < -0.4 is 10.5 Å². The first-order valence-electron chi connectivity index (χ1n) is 6.73. The maximum atomic E-state index is 12.1. The number of amides is 1. The number of unbranched alkanes of at least 4 members (excludes halogenated alkanes) is 1. The van der Waals surface area contributed by atoms with Crippen molar-refractivity contribution in [1.29, 1.82) is 0 Å². The zero-order valence-corrected chi connectivity index (χ0v) is 12.0. The summed E-state index contributed by atoms with van der Waals surface area (Å²) in [5, 5.41) is 0.468. The van der Waals surface area contributed by atoms with E-state index >= 15 is 0 Å². The van der Waals surface area contributed by atoms with Crippen LogP contribution in [0.3, 0.4) is 0 Å². The normalized spacial score (nSPS) is 10.8. The van der Waals surface area contributed by atoms with Crippen LogP contribution in [0.5, 0.6) is 0 Å². The smallest absolute Gasteiger partial charge is 0.348 e. The summed E-state index contributed by atoms with van der Waals surface area (Å²) in [4.78, 5) is 29.5. The van der Waals surface area contributed by atoms with Crippen molar-refractivity contribution in [1.82, 2.24) is 4.98 Å². The maximum absolute atomic E-state index is 12.1. The van der Waals surface area contributed by atoms with Gasteiger partial charge in [0, 0.05) is 13.5 Å². The lowest BCUT2D eigenvalue weighted by Gasteiger charge is -2.17. The van der Waals surface area contributed by atoms with Crippen molar-refractivity contribution in [3.63, 3.8) is 0 Å². The Hall–Kier alpha value is -2.17. The van der Waals surface area contributed by atoms with Gasteiger partial charge in [-0.05, 0) is 25.0 Å². The zero-order valence-electron chi connectivity index (χ0n) is 12.0. The van der Waals surface area contributed by atoms with E-state index in [0.29, 0.717) is 17.4 Å². The van der Waals surface area contributed by atoms with E-state index < -0.39 is 5.63 Å². The number of aromatic nitrogens is 1. The van der Waals surface area contributed by atoms with Gasteiger partial charge >= 0.3 is 11.6 Å². The summed E-state index contributed by atoms with van der Waals surface area (Å²) in [5.41, 5.74) is 0.920. The van der Waals surface area contributed by atoms with Crippen LogP contribution in [0.2, 0.25) is 0 Å². The third-order valence-electron chi connectivity index (χ3n) is 3.20. The molecule has 0 atom stereocenters. The lowest BCUT2D eigenvalue weighted by atomic mass is 10.1. The Balaban J connectivity index is 2.54. The molecule has 5 heteroatoms. The summed E-state index contributed by atoms with van der Waals surface area (Å²) < 4.78 is 5.23. The monoisotopic (exact) mass is 274 g/mol. The molecule has 1 aromatic heterocycles. The fourth-order valence-corrected chi connectivity index (χ4v) is 2.09. The van der Waals surface area contributed by atoms with Crippen molar-refractivity contribution >= 4 is 22.8 Å². The number of carbonyl (C=O) groups excluding carboxylic acids is 1. The summed E-state index contributed by atoms with van der Waals surface area (Å²) in [6.45, 7) is 5.81. The molecule has 0 N–H and O–H groups in total. The number of anilines is 1. The fraction of sp³-hybridized carbons (Fsp3) is 0.400. The van der Waals surface area contributed by atoms with Crippen molar-refractivity contribution in [2.75, 3.05) is 11.4 Å². The maximum Gasteiger partial charge on any atom is 0.348 e. The molecule has 0 bridgehead atoms. The molecule has 1 heterocycles. The minimum Gasteiger partial charge on any atom is -0.388 e. The summed E-state index contributed by atoms with van der Waals surface area (Å²) >= 11 is 0. The Morgan fingerprint density at radius 2 is 2.15 bits per heavy atom. The van der Waals surface area contributed by atoms with Crippen LogP contribution >= 0.6 is 0 Å². The molecule has 0 spiro atoms. The molecular formula is C15H18N2O3. The molecule has 0 saturated heterocycles. The molecule has 5 nitrogen and oxygen atoms in total. The summed E-state index contributed by atoms with van der Waals surface area (Å²) in [5.74, 6) is -0.180. The van der Waals surface area contributed by atoms with E-state index in [1.165, 1.54) is 11.8 Å². The van der Waals surface area contributed by atoms with Crippen LogP contribution in [0.4, 0.5) is 6.01 Å². The molecule has 0 aliphatic heterocycles. The second-order valence-electron chi connectivity index (χ2n) is 4.78. The summed E-state index contributed by atoms with van der Waals surface area (Å²) in [7, 11) is 0. The largest absolute Gasteiger partial charge is 0.388 e. The van der Waals surface area contributed by atoms with Gasteiger partial charge in [0.1, 0.15) is 0 Å². The Morgan fingerprint density at radius 1 is 1.40 bits per heavy atom. The highest BCUT2D eigenvalue weighted by atomic mass is 16.4. The number of carbonyl (C=O) groups is 1. The van der Waals surface area contributed by atoms with E-state index in [1.54, 1.807) is 6.07 Å². The topological polar surface area (TPSA) is 63.4 Å². The standard InChI is InChI=1S/C15H18N2O3/c1-4-5-9-17(11(3)18)15-16-12-8-6-7-10(2)13(12)14(19)20-15/h6-8H,4-5,9H2,1-3H3. The van der Waals surface area contributed by atoms with Gasteiger partial charge in [-0.2, -0.15) is 4.98 Å². The van der Waals surface area contributed by atoms with Crippen LogP contribution in [0.25, 0.3) is 10.9 Å². The number of rotatable bonds is 4. The van der Waals surface area contributed by atoms with Gasteiger partial charge in [0.05, 0.1) is 10.9 Å². The molecule has 106 valence electrons. The quantitative estimate of drug-likeness (QED) is 0.859. The van der Waals surface area contributed by atoms with Gasteiger partial charge in [0.2, 0.25) is 5.91 Å². The van der Waals surface area contributed by atoms with Gasteiger partial charge < -0.3 is 4.42 Å². The number of hydrogen-bond donors (Lipinski definition) is 0. The fourth-order valence-electron chi connectivity index (χ4n) is 2.09. The number of hydrogen-bond acceptors (Lipinski definition) is 4. The molecular weight excluding hydrogens is 256 g/mol. The SMILES string of the molecule is CCCCN(C(C)=O)c1nc2cccc(C)c2c(=O)o1. The van der Waals surface area contributed by atoms with Crippen molar-refractivity contribution in [2.45, 2.75) is 33.6 Å². The third-order valence-corrected chi connectivity index (χ3v) is 3.20. The zero-order chi connectivity index (χ0) is 14.7. The molecule has 0 radical (unpaired) electrons. The molecule has 0 saturated carbocycles. The summed E-state index contributed by atoms with van der Waals surface area (Å²) in [6.07, 6.45) is 1.78. The minimum atomic E-state index is -0.453. The number of fused-ring (bicyclic) bond motifs is 1. The first-order chi connectivity index (χ1) is 9.54.